The van der Waals surface area contributed by atoms with Crippen LogP contribution in [0, 0.1) is 17.8 Å². The second kappa shape index (κ2) is 12.6. The molecule has 0 radical (unpaired) electrons. The Morgan fingerprint density at radius 2 is 2.04 bits per heavy atom. The van der Waals surface area contributed by atoms with E-state index in [9.17, 15) is 18.3 Å². The molecule has 2 aliphatic carbocycles. The first-order valence-corrected chi connectivity index (χ1v) is 19.2. The number of nitrogens with zero attached hydrogens (tertiary/aromatic N) is 1. The summed E-state index contributed by atoms with van der Waals surface area (Å²) in [5, 5.41) is 13.2. The number of thiophene rings is 1. The summed E-state index contributed by atoms with van der Waals surface area (Å²) in [5.74, 6) is 0.144. The van der Waals surface area contributed by atoms with Crippen LogP contribution in [0.4, 0.5) is 5.69 Å². The Balaban J connectivity index is 1.28. The standard InChI is InChI=1S/C36H41ClN2O5S2/c1-23-5-2-8-32(40)29-12-9-26(29)20-39-21-36(15-3-6-24-17-27(37)11-13-30(24)36)22-44-33-14-10-25(18-31(33)39)35(41)38-46(42,43)34(23)19-28-7-4-16-45-28/h2,4,7-8,10-11,13-14,16-18,23,26,29,32,34,40H,3,5-6,9,12,15,19-22H2,1H3,(H,38,41)/b8-2-/t23-,26-,29+,32-,34-,36-/m0/s1. The molecule has 10 heteroatoms. The van der Waals surface area contributed by atoms with E-state index in [4.69, 9.17) is 16.3 Å². The topological polar surface area (TPSA) is 95.9 Å². The van der Waals surface area contributed by atoms with Gasteiger partial charge >= 0.3 is 0 Å². The van der Waals surface area contributed by atoms with Gasteiger partial charge in [-0.05, 0) is 109 Å². The Kier molecular flexibility index (Phi) is 8.72. The third-order valence-corrected chi connectivity index (χ3v) is 13.8. The van der Waals surface area contributed by atoms with Crippen LogP contribution < -0.4 is 14.4 Å². The van der Waals surface area contributed by atoms with Crippen molar-refractivity contribution >= 4 is 44.6 Å². The van der Waals surface area contributed by atoms with Gasteiger partial charge in [0.05, 0.1) is 23.6 Å². The molecule has 1 spiro atoms. The average Bonchev–Trinajstić information content (AvgIpc) is 3.47. The summed E-state index contributed by atoms with van der Waals surface area (Å²) in [6.45, 7) is 3.79. The largest absolute Gasteiger partial charge is 0.490 e. The van der Waals surface area contributed by atoms with Gasteiger partial charge in [0.1, 0.15) is 5.75 Å². The van der Waals surface area contributed by atoms with Crippen molar-refractivity contribution in [3.05, 3.63) is 92.7 Å². The molecular weight excluding hydrogens is 640 g/mol. The molecule has 6 atom stereocenters. The summed E-state index contributed by atoms with van der Waals surface area (Å²) < 4.78 is 36.7. The lowest BCUT2D eigenvalue weighted by molar-refractivity contribution is 0.0456. The molecule has 3 aromatic rings. The van der Waals surface area contributed by atoms with Crippen LogP contribution in [0.5, 0.6) is 5.75 Å². The molecule has 1 aromatic heterocycles. The van der Waals surface area contributed by atoms with E-state index < -0.39 is 27.3 Å². The van der Waals surface area contributed by atoms with Gasteiger partial charge in [0, 0.05) is 40.4 Å². The number of benzene rings is 2. The van der Waals surface area contributed by atoms with Gasteiger partial charge in [0.25, 0.3) is 5.91 Å². The second-order valence-electron chi connectivity index (χ2n) is 13.7. The number of aryl methyl sites for hydroxylation is 1. The third-order valence-electron chi connectivity index (χ3n) is 10.8. The van der Waals surface area contributed by atoms with Crippen molar-refractivity contribution in [1.29, 1.82) is 0 Å². The zero-order valence-corrected chi connectivity index (χ0v) is 28.4. The molecule has 0 saturated heterocycles. The van der Waals surface area contributed by atoms with E-state index in [0.29, 0.717) is 38.3 Å². The van der Waals surface area contributed by atoms with Crippen molar-refractivity contribution in [2.24, 2.45) is 17.8 Å². The number of carbonyl (C=O) groups is 1. The van der Waals surface area contributed by atoms with Crippen LogP contribution in [0.3, 0.4) is 0 Å². The van der Waals surface area contributed by atoms with Gasteiger partial charge in [-0.15, -0.1) is 11.3 Å². The van der Waals surface area contributed by atoms with Crippen LogP contribution >= 0.6 is 22.9 Å². The van der Waals surface area contributed by atoms with Crippen molar-refractivity contribution in [2.75, 3.05) is 24.6 Å². The number of aliphatic hydroxyl groups excluding tert-OH is 1. The zero-order chi connectivity index (χ0) is 32.1. The molecule has 4 aliphatic rings. The van der Waals surface area contributed by atoms with Crippen LogP contribution in [-0.4, -0.2) is 50.5 Å². The maximum atomic E-state index is 13.9. The first-order chi connectivity index (χ1) is 22.1. The lowest BCUT2D eigenvalue weighted by Gasteiger charge is -2.45. The third kappa shape index (κ3) is 6.12. The molecule has 1 amide bonds. The number of halogens is 1. The lowest BCUT2D eigenvalue weighted by Crippen LogP contribution is -2.49. The molecular formula is C36H41ClN2O5S2. The van der Waals surface area contributed by atoms with E-state index in [1.54, 1.807) is 18.2 Å². The van der Waals surface area contributed by atoms with Crippen LogP contribution in [0.2, 0.25) is 5.02 Å². The van der Waals surface area contributed by atoms with Crippen LogP contribution in [0.1, 0.15) is 65.4 Å². The van der Waals surface area contributed by atoms with Crippen molar-refractivity contribution < 1.29 is 23.1 Å². The van der Waals surface area contributed by atoms with Gasteiger partial charge in [-0.1, -0.05) is 42.8 Å². The maximum absolute atomic E-state index is 13.9. The number of anilines is 1. The number of nitrogens with one attached hydrogen (secondary N) is 1. The van der Waals surface area contributed by atoms with Crippen LogP contribution in [0.15, 0.2) is 66.1 Å². The zero-order valence-electron chi connectivity index (χ0n) is 26.0. The first kappa shape index (κ1) is 31.7. The molecule has 3 heterocycles. The van der Waals surface area contributed by atoms with Crippen molar-refractivity contribution in [2.45, 2.75) is 68.6 Å². The van der Waals surface area contributed by atoms with Crippen molar-refractivity contribution in [3.8, 4) is 5.75 Å². The number of hydrogen-bond donors (Lipinski definition) is 2. The van der Waals surface area contributed by atoms with Crippen molar-refractivity contribution in [1.82, 2.24) is 4.72 Å². The summed E-state index contributed by atoms with van der Waals surface area (Å²) >= 11 is 7.92. The summed E-state index contributed by atoms with van der Waals surface area (Å²) in [5.41, 5.74) is 3.30. The molecule has 1 saturated carbocycles. The summed E-state index contributed by atoms with van der Waals surface area (Å²) in [6, 6.07) is 15.3. The minimum atomic E-state index is -4.04. The predicted molar refractivity (Wildman–Crippen MR) is 184 cm³/mol. The number of carbonyl (C=O) groups excluding carboxylic acids is 1. The first-order valence-electron chi connectivity index (χ1n) is 16.4. The second-order valence-corrected chi connectivity index (χ2v) is 17.1. The maximum Gasteiger partial charge on any atom is 0.264 e. The molecule has 46 heavy (non-hydrogen) atoms. The van der Waals surface area contributed by atoms with E-state index >= 15 is 0 Å². The van der Waals surface area contributed by atoms with Crippen molar-refractivity contribution in [3.63, 3.8) is 0 Å². The monoisotopic (exact) mass is 680 g/mol. The molecule has 1 fully saturated rings. The highest BCUT2D eigenvalue weighted by Crippen LogP contribution is 2.47. The predicted octanol–water partition coefficient (Wildman–Crippen LogP) is 6.53. The fraction of sp³-hybridized carbons (Fsp3) is 0.472. The van der Waals surface area contributed by atoms with E-state index in [0.717, 1.165) is 47.7 Å². The number of amides is 1. The number of sulfonamides is 1. The van der Waals surface area contributed by atoms with E-state index in [1.165, 1.54) is 22.5 Å². The van der Waals surface area contributed by atoms with Gasteiger partial charge in [0.15, 0.2) is 0 Å². The molecule has 2 aliphatic heterocycles. The molecule has 2 aromatic carbocycles. The lowest BCUT2D eigenvalue weighted by atomic mass is 9.68. The van der Waals surface area contributed by atoms with Crippen LogP contribution in [-0.2, 0) is 28.3 Å². The summed E-state index contributed by atoms with van der Waals surface area (Å²) in [6.07, 6.45) is 8.86. The average molecular weight is 681 g/mol. The Labute approximate surface area is 280 Å². The van der Waals surface area contributed by atoms with Gasteiger partial charge < -0.3 is 14.7 Å². The highest BCUT2D eigenvalue weighted by atomic mass is 35.5. The molecule has 2 N–H and O–H groups in total. The Hall–Kier alpha value is -2.85. The SMILES string of the molecule is C[C@H]1C/C=C\[C@H](O)[C@@H]2CC[C@H]2CN2C[C@@]3(CCCc4cc(Cl)ccc43)COc3ccc(cc32)C(=O)NS(=O)(=O)[C@H]1Cc1cccs1. The van der Waals surface area contributed by atoms with Crippen LogP contribution in [0.25, 0.3) is 0 Å². The fourth-order valence-electron chi connectivity index (χ4n) is 8.04. The smallest absolute Gasteiger partial charge is 0.264 e. The quantitative estimate of drug-likeness (QED) is 0.299. The van der Waals surface area contributed by atoms with Gasteiger partial charge in [-0.25, -0.2) is 13.1 Å². The molecule has 244 valence electrons. The Morgan fingerprint density at radius 3 is 2.83 bits per heavy atom. The Morgan fingerprint density at radius 1 is 1.17 bits per heavy atom. The Bertz CT molecular complexity index is 1740. The van der Waals surface area contributed by atoms with E-state index in [1.807, 2.05) is 42.7 Å². The molecule has 2 bridgehead atoms. The number of rotatable bonds is 2. The highest BCUT2D eigenvalue weighted by Gasteiger charge is 2.44. The molecule has 7 nitrogen and oxygen atoms in total. The number of aliphatic hydroxyl groups is 1. The number of allylic oxidation sites excluding steroid dienone is 1. The molecule has 7 rings (SSSR count). The van der Waals surface area contributed by atoms with E-state index in [-0.39, 0.29) is 28.7 Å². The van der Waals surface area contributed by atoms with E-state index in [2.05, 4.69) is 21.8 Å². The normalized spacial score (nSPS) is 31.4. The minimum Gasteiger partial charge on any atom is -0.490 e. The minimum absolute atomic E-state index is 0.109. The summed E-state index contributed by atoms with van der Waals surface area (Å²) in [7, 11) is -4.04. The molecule has 0 unspecified atom stereocenters. The fourth-order valence-corrected chi connectivity index (χ4v) is 10.8. The van der Waals surface area contributed by atoms with Gasteiger partial charge in [-0.3, -0.25) is 4.79 Å². The van der Waals surface area contributed by atoms with Gasteiger partial charge in [0.2, 0.25) is 10.0 Å². The number of hydrogen-bond acceptors (Lipinski definition) is 7. The summed E-state index contributed by atoms with van der Waals surface area (Å²) in [4.78, 5) is 17.0. The number of fused-ring (bicyclic) bond motifs is 4. The highest BCUT2D eigenvalue weighted by molar-refractivity contribution is 7.90. The number of ether oxygens (including phenoxy) is 1. The van der Waals surface area contributed by atoms with Gasteiger partial charge in [-0.2, -0.15) is 0 Å².